The molecule has 9 nitrogen and oxygen atoms in total. The third-order valence-corrected chi connectivity index (χ3v) is 5.73. The highest BCUT2D eigenvalue weighted by atomic mass is 32.1. The molecule has 1 aliphatic rings. The van der Waals surface area contributed by atoms with Crippen molar-refractivity contribution in [2.75, 3.05) is 23.3 Å². The molecule has 0 aromatic carbocycles. The number of nitrogens with zero attached hydrogens (tertiary/aromatic N) is 5. The van der Waals surface area contributed by atoms with Crippen molar-refractivity contribution in [2.45, 2.75) is 25.9 Å². The van der Waals surface area contributed by atoms with Crippen molar-refractivity contribution >= 4 is 34.2 Å². The number of aliphatic hydroxyl groups is 1. The van der Waals surface area contributed by atoms with Gasteiger partial charge in [0, 0.05) is 37.1 Å². The van der Waals surface area contributed by atoms with E-state index in [1.807, 2.05) is 18.2 Å². The van der Waals surface area contributed by atoms with Crippen LogP contribution in [0.15, 0.2) is 30.6 Å². The zero-order chi connectivity index (χ0) is 20.4. The highest BCUT2D eigenvalue weighted by Crippen LogP contribution is 2.28. The number of hydrogen-bond acceptors (Lipinski definition) is 9. The lowest BCUT2D eigenvalue weighted by Gasteiger charge is -2.30. The molecule has 3 N–H and O–H groups in total. The van der Waals surface area contributed by atoms with E-state index in [0.29, 0.717) is 48.4 Å². The molecule has 1 aliphatic heterocycles. The first-order valence-corrected chi connectivity index (χ1v) is 10.0. The van der Waals surface area contributed by atoms with Crippen molar-refractivity contribution in [3.05, 3.63) is 41.2 Å². The Morgan fingerprint density at radius 1 is 1.28 bits per heavy atom. The molecule has 0 aliphatic carbocycles. The number of rotatable bonds is 5. The van der Waals surface area contributed by atoms with E-state index in [2.05, 4.69) is 30.2 Å². The van der Waals surface area contributed by atoms with Crippen molar-refractivity contribution in [2.24, 2.45) is 0 Å². The fourth-order valence-electron chi connectivity index (χ4n) is 3.15. The van der Waals surface area contributed by atoms with Gasteiger partial charge >= 0.3 is 5.97 Å². The molecule has 150 valence electrons. The largest absolute Gasteiger partial charge is 0.477 e. The summed E-state index contributed by atoms with van der Waals surface area (Å²) in [6, 6.07) is 5.65. The Labute approximate surface area is 171 Å². The standard InChI is InChI=1S/C19H20N6O3S/c1-11-16(17(27)28)29-19(21-11)24-18-22-14(12-3-2-6-20-10-12)9-15(23-18)25-7-4-13(26)5-8-25/h2-3,6,9-10,13,26H,4-5,7-8H2,1H3,(H,27,28)(H,21,22,23,24). The van der Waals surface area contributed by atoms with Gasteiger partial charge in [-0.25, -0.2) is 14.8 Å². The highest BCUT2D eigenvalue weighted by Gasteiger charge is 2.21. The Bertz CT molecular complexity index is 1020. The monoisotopic (exact) mass is 412 g/mol. The minimum Gasteiger partial charge on any atom is -0.477 e. The number of thiazole rings is 1. The van der Waals surface area contributed by atoms with Crippen LogP contribution < -0.4 is 10.2 Å². The molecule has 1 fully saturated rings. The summed E-state index contributed by atoms with van der Waals surface area (Å²) < 4.78 is 0. The predicted octanol–water partition coefficient (Wildman–Crippen LogP) is 2.71. The van der Waals surface area contributed by atoms with Gasteiger partial charge in [-0.1, -0.05) is 11.3 Å². The lowest BCUT2D eigenvalue weighted by molar-refractivity contribution is 0.0701. The van der Waals surface area contributed by atoms with E-state index in [1.165, 1.54) is 0 Å². The van der Waals surface area contributed by atoms with Gasteiger partial charge in [-0.2, -0.15) is 4.98 Å². The fraction of sp³-hybridized carbons (Fsp3) is 0.316. The van der Waals surface area contributed by atoms with Gasteiger partial charge in [0.05, 0.1) is 17.5 Å². The maximum Gasteiger partial charge on any atom is 0.347 e. The van der Waals surface area contributed by atoms with Gasteiger partial charge < -0.3 is 15.1 Å². The third kappa shape index (κ3) is 4.33. The van der Waals surface area contributed by atoms with E-state index in [4.69, 9.17) is 0 Å². The summed E-state index contributed by atoms with van der Waals surface area (Å²) in [4.78, 5) is 31.2. The molecule has 0 unspecified atom stereocenters. The topological polar surface area (TPSA) is 124 Å². The van der Waals surface area contributed by atoms with Crippen LogP contribution in [0.4, 0.5) is 16.9 Å². The van der Waals surface area contributed by atoms with Crippen LogP contribution in [0, 0.1) is 6.92 Å². The van der Waals surface area contributed by atoms with E-state index >= 15 is 0 Å². The zero-order valence-electron chi connectivity index (χ0n) is 15.7. The van der Waals surface area contributed by atoms with E-state index in [1.54, 1.807) is 19.3 Å². The maximum atomic E-state index is 11.3. The van der Waals surface area contributed by atoms with Crippen molar-refractivity contribution < 1.29 is 15.0 Å². The van der Waals surface area contributed by atoms with Crippen LogP contribution in [0.2, 0.25) is 0 Å². The fourth-order valence-corrected chi connectivity index (χ4v) is 3.95. The van der Waals surface area contributed by atoms with Crippen LogP contribution in [-0.4, -0.2) is 55.3 Å². The molecule has 3 aromatic heterocycles. The number of piperidine rings is 1. The van der Waals surface area contributed by atoms with E-state index in [0.717, 1.165) is 22.7 Å². The van der Waals surface area contributed by atoms with Crippen molar-refractivity contribution in [3.63, 3.8) is 0 Å². The minimum atomic E-state index is -1.01. The first-order chi connectivity index (χ1) is 14.0. The lowest BCUT2D eigenvalue weighted by Crippen LogP contribution is -2.36. The van der Waals surface area contributed by atoms with Gasteiger partial charge in [-0.05, 0) is 31.9 Å². The van der Waals surface area contributed by atoms with Crippen LogP contribution in [0.3, 0.4) is 0 Å². The number of anilines is 3. The Kier molecular flexibility index (Phi) is 5.36. The number of carboxylic acid groups (broad SMARTS) is 1. The Morgan fingerprint density at radius 3 is 2.72 bits per heavy atom. The van der Waals surface area contributed by atoms with Crippen molar-refractivity contribution in [3.8, 4) is 11.3 Å². The average Bonchev–Trinajstić information content (AvgIpc) is 3.09. The first-order valence-electron chi connectivity index (χ1n) is 9.20. The summed E-state index contributed by atoms with van der Waals surface area (Å²) >= 11 is 1.05. The lowest BCUT2D eigenvalue weighted by atomic mass is 10.1. The summed E-state index contributed by atoms with van der Waals surface area (Å²) in [6.45, 7) is 3.05. The Balaban J connectivity index is 1.69. The number of carbonyl (C=O) groups is 1. The molecule has 4 heterocycles. The number of aliphatic hydroxyl groups excluding tert-OH is 1. The van der Waals surface area contributed by atoms with Gasteiger partial charge in [0.25, 0.3) is 0 Å². The van der Waals surface area contributed by atoms with Crippen molar-refractivity contribution in [1.82, 2.24) is 19.9 Å². The molecule has 10 heteroatoms. The molecule has 0 saturated carbocycles. The van der Waals surface area contributed by atoms with E-state index in [-0.39, 0.29) is 11.0 Å². The SMILES string of the molecule is Cc1nc(Nc2nc(-c3cccnc3)cc(N3CCC(O)CC3)n2)sc1C(=O)O. The van der Waals surface area contributed by atoms with Crippen molar-refractivity contribution in [1.29, 1.82) is 0 Å². The predicted molar refractivity (Wildman–Crippen MR) is 110 cm³/mol. The molecule has 4 rings (SSSR count). The molecular formula is C19H20N6O3S. The quantitative estimate of drug-likeness (QED) is 0.580. The first kappa shape index (κ1) is 19.2. The molecule has 0 atom stereocenters. The molecule has 0 bridgehead atoms. The third-order valence-electron chi connectivity index (χ3n) is 4.67. The second kappa shape index (κ2) is 8.10. The molecule has 0 spiro atoms. The molecule has 29 heavy (non-hydrogen) atoms. The normalized spacial score (nSPS) is 14.8. The molecule has 1 saturated heterocycles. The van der Waals surface area contributed by atoms with Crippen LogP contribution >= 0.6 is 11.3 Å². The number of hydrogen-bond donors (Lipinski definition) is 3. The summed E-state index contributed by atoms with van der Waals surface area (Å²) in [5.74, 6) is 0.0591. The number of aromatic nitrogens is 4. The number of carboxylic acids is 1. The van der Waals surface area contributed by atoms with Gasteiger partial charge in [0.15, 0.2) is 5.13 Å². The number of aromatic carboxylic acids is 1. The van der Waals surface area contributed by atoms with Crippen LogP contribution in [0.1, 0.15) is 28.2 Å². The highest BCUT2D eigenvalue weighted by molar-refractivity contribution is 7.17. The smallest absolute Gasteiger partial charge is 0.347 e. The van der Waals surface area contributed by atoms with Gasteiger partial charge in [-0.3, -0.25) is 10.3 Å². The molecule has 0 radical (unpaired) electrons. The number of aryl methyl sites for hydroxylation is 1. The summed E-state index contributed by atoms with van der Waals surface area (Å²) in [5, 5.41) is 22.5. The average molecular weight is 412 g/mol. The van der Waals surface area contributed by atoms with Gasteiger partial charge in [0.1, 0.15) is 10.7 Å². The van der Waals surface area contributed by atoms with Crippen LogP contribution in [0.25, 0.3) is 11.3 Å². The molecule has 0 amide bonds. The number of nitrogens with one attached hydrogen (secondary N) is 1. The molecular weight excluding hydrogens is 392 g/mol. The summed E-state index contributed by atoms with van der Waals surface area (Å²) in [5.41, 5.74) is 1.99. The summed E-state index contributed by atoms with van der Waals surface area (Å²) in [7, 11) is 0. The number of pyridine rings is 1. The second-order valence-electron chi connectivity index (χ2n) is 6.76. The Morgan fingerprint density at radius 2 is 2.07 bits per heavy atom. The van der Waals surface area contributed by atoms with Gasteiger partial charge in [0.2, 0.25) is 5.95 Å². The Hall–Kier alpha value is -3.11. The van der Waals surface area contributed by atoms with E-state index in [9.17, 15) is 15.0 Å². The second-order valence-corrected chi connectivity index (χ2v) is 7.76. The summed E-state index contributed by atoms with van der Waals surface area (Å²) in [6.07, 6.45) is 4.51. The van der Waals surface area contributed by atoms with Gasteiger partial charge in [-0.15, -0.1) is 0 Å². The maximum absolute atomic E-state index is 11.3. The molecule has 3 aromatic rings. The van der Waals surface area contributed by atoms with Crippen LogP contribution in [-0.2, 0) is 0 Å². The zero-order valence-corrected chi connectivity index (χ0v) is 16.6. The van der Waals surface area contributed by atoms with E-state index < -0.39 is 5.97 Å². The minimum absolute atomic E-state index is 0.182. The van der Waals surface area contributed by atoms with Crippen LogP contribution in [0.5, 0.6) is 0 Å².